The summed E-state index contributed by atoms with van der Waals surface area (Å²) in [5.74, 6) is 0.0551. The number of nitrogens with zero attached hydrogens (tertiary/aromatic N) is 5. The molecule has 0 radical (unpaired) electrons. The monoisotopic (exact) mass is 539 g/mol. The van der Waals surface area contributed by atoms with Gasteiger partial charge in [0.15, 0.2) is 0 Å². The number of hydrogen-bond acceptors (Lipinski definition) is 7. The maximum absolute atomic E-state index is 14.3. The molecule has 3 heterocycles. The molecule has 0 bridgehead atoms. The Morgan fingerprint density at radius 1 is 1.11 bits per heavy atom. The third-order valence-electron chi connectivity index (χ3n) is 6.58. The summed E-state index contributed by atoms with van der Waals surface area (Å²) in [6, 6.07) is 10.5. The molecule has 0 spiro atoms. The number of anilines is 1. The van der Waals surface area contributed by atoms with Gasteiger partial charge in [-0.15, -0.1) is 0 Å². The smallest absolute Gasteiger partial charge is 0.342 e. The zero-order valence-electron chi connectivity index (χ0n) is 22.2. The lowest BCUT2D eigenvalue weighted by molar-refractivity contribution is 0.0378. The van der Waals surface area contributed by atoms with Crippen LogP contribution in [0, 0.1) is 5.82 Å². The van der Waals surface area contributed by atoms with Gasteiger partial charge in [-0.3, -0.25) is 14.8 Å². The molecular formula is C29H35ClFN5O2. The van der Waals surface area contributed by atoms with E-state index in [1.165, 1.54) is 6.07 Å². The van der Waals surface area contributed by atoms with Crippen molar-refractivity contribution in [1.29, 1.82) is 0 Å². The lowest BCUT2D eigenvalue weighted by atomic mass is 10.1. The Balaban J connectivity index is 1.35. The normalized spacial score (nSPS) is 14.3. The van der Waals surface area contributed by atoms with Crippen LogP contribution >= 0.6 is 11.6 Å². The van der Waals surface area contributed by atoms with Crippen molar-refractivity contribution in [3.05, 3.63) is 88.1 Å². The molecule has 1 fully saturated rings. The summed E-state index contributed by atoms with van der Waals surface area (Å²) in [5, 5.41) is 0.448. The van der Waals surface area contributed by atoms with Crippen LogP contribution < -0.4 is 4.90 Å². The van der Waals surface area contributed by atoms with Crippen LogP contribution in [0.15, 0.2) is 55.0 Å². The quantitative estimate of drug-likeness (QED) is 0.329. The van der Waals surface area contributed by atoms with Gasteiger partial charge in [0, 0.05) is 75.0 Å². The largest absolute Gasteiger partial charge is 0.459 e. The number of carbonyl (C=O) groups excluding carboxylic acids is 1. The standard InChI is InChI=1S/C29H35ClFN5O2/c1-4-34(20-25-26(30)8-5-9-27(25)31)18-22-15-23(17-32-16-22)19-35-11-13-36(14-12-35)28-24(7-6-10-33-28)29(37)38-21(2)3/h5-10,15-17,21H,4,11-14,18-20H2,1-3H3. The molecule has 38 heavy (non-hydrogen) atoms. The summed E-state index contributed by atoms with van der Waals surface area (Å²) < 4.78 is 19.7. The summed E-state index contributed by atoms with van der Waals surface area (Å²) in [4.78, 5) is 28.2. The van der Waals surface area contributed by atoms with Crippen LogP contribution in [-0.2, 0) is 24.4 Å². The minimum absolute atomic E-state index is 0.182. The molecule has 1 aliphatic heterocycles. The van der Waals surface area contributed by atoms with E-state index in [9.17, 15) is 9.18 Å². The van der Waals surface area contributed by atoms with Gasteiger partial charge in [-0.2, -0.15) is 0 Å². The molecule has 0 unspecified atom stereocenters. The molecule has 202 valence electrons. The van der Waals surface area contributed by atoms with Crippen LogP contribution in [0.2, 0.25) is 5.02 Å². The number of piperazine rings is 1. The Labute approximate surface area is 229 Å². The minimum atomic E-state index is -0.341. The van der Waals surface area contributed by atoms with Crippen molar-refractivity contribution in [2.24, 2.45) is 0 Å². The first-order valence-electron chi connectivity index (χ1n) is 13.1. The first-order valence-corrected chi connectivity index (χ1v) is 13.4. The van der Waals surface area contributed by atoms with Crippen LogP contribution in [0.4, 0.5) is 10.2 Å². The average Bonchev–Trinajstić information content (AvgIpc) is 2.90. The van der Waals surface area contributed by atoms with Crippen molar-refractivity contribution in [1.82, 2.24) is 19.8 Å². The van der Waals surface area contributed by atoms with E-state index in [0.717, 1.165) is 50.4 Å². The van der Waals surface area contributed by atoms with Gasteiger partial charge in [0.1, 0.15) is 17.2 Å². The minimum Gasteiger partial charge on any atom is -0.459 e. The lowest BCUT2D eigenvalue weighted by Gasteiger charge is -2.36. The van der Waals surface area contributed by atoms with Crippen LogP contribution in [0.3, 0.4) is 0 Å². The summed E-state index contributed by atoms with van der Waals surface area (Å²) in [7, 11) is 0. The van der Waals surface area contributed by atoms with E-state index in [1.54, 1.807) is 30.5 Å². The van der Waals surface area contributed by atoms with Crippen LogP contribution in [0.25, 0.3) is 0 Å². The summed E-state index contributed by atoms with van der Waals surface area (Å²) >= 11 is 6.25. The van der Waals surface area contributed by atoms with Crippen molar-refractivity contribution in [2.75, 3.05) is 37.6 Å². The van der Waals surface area contributed by atoms with Gasteiger partial charge >= 0.3 is 5.97 Å². The second kappa shape index (κ2) is 13.1. The molecule has 9 heteroatoms. The molecule has 2 aromatic heterocycles. The summed E-state index contributed by atoms with van der Waals surface area (Å²) in [6.07, 6.45) is 5.30. The summed E-state index contributed by atoms with van der Waals surface area (Å²) in [5.41, 5.74) is 3.24. The highest BCUT2D eigenvalue weighted by atomic mass is 35.5. The van der Waals surface area contributed by atoms with Crippen molar-refractivity contribution in [2.45, 2.75) is 46.5 Å². The Kier molecular flexibility index (Phi) is 9.66. The SMILES string of the molecule is CCN(Cc1cncc(CN2CCN(c3ncccc3C(=O)OC(C)C)CC2)c1)Cc1c(F)cccc1Cl. The predicted octanol–water partition coefficient (Wildman–Crippen LogP) is 5.18. The maximum atomic E-state index is 14.3. The number of halogens is 2. The Morgan fingerprint density at radius 3 is 2.58 bits per heavy atom. The van der Waals surface area contributed by atoms with Gasteiger partial charge in [-0.05, 0) is 55.8 Å². The molecule has 1 aromatic carbocycles. The first kappa shape index (κ1) is 28.0. The Bertz CT molecular complexity index is 1210. The molecule has 4 rings (SSSR count). The van der Waals surface area contributed by atoms with Gasteiger partial charge in [-0.25, -0.2) is 14.2 Å². The second-order valence-electron chi connectivity index (χ2n) is 9.80. The second-order valence-corrected chi connectivity index (χ2v) is 10.2. The molecule has 1 saturated heterocycles. The van der Waals surface area contributed by atoms with Crippen molar-refractivity contribution in [3.63, 3.8) is 0 Å². The first-order chi connectivity index (χ1) is 18.3. The molecule has 1 aliphatic rings. The highest BCUT2D eigenvalue weighted by Crippen LogP contribution is 2.23. The molecule has 0 amide bonds. The van der Waals surface area contributed by atoms with E-state index in [0.29, 0.717) is 35.1 Å². The van der Waals surface area contributed by atoms with E-state index < -0.39 is 0 Å². The number of hydrogen-bond donors (Lipinski definition) is 0. The van der Waals surface area contributed by atoms with Crippen molar-refractivity contribution in [3.8, 4) is 0 Å². The lowest BCUT2D eigenvalue weighted by Crippen LogP contribution is -2.46. The number of carbonyl (C=O) groups is 1. The van der Waals surface area contributed by atoms with Gasteiger partial charge in [-0.1, -0.05) is 30.7 Å². The number of benzene rings is 1. The zero-order valence-corrected chi connectivity index (χ0v) is 23.0. The van der Waals surface area contributed by atoms with E-state index in [-0.39, 0.29) is 17.9 Å². The fourth-order valence-electron chi connectivity index (χ4n) is 4.62. The highest BCUT2D eigenvalue weighted by molar-refractivity contribution is 6.31. The van der Waals surface area contributed by atoms with Crippen molar-refractivity contribution >= 4 is 23.4 Å². The highest BCUT2D eigenvalue weighted by Gasteiger charge is 2.24. The van der Waals surface area contributed by atoms with Gasteiger partial charge in [0.25, 0.3) is 0 Å². The average molecular weight is 540 g/mol. The van der Waals surface area contributed by atoms with E-state index in [1.807, 2.05) is 26.2 Å². The van der Waals surface area contributed by atoms with Crippen LogP contribution in [-0.4, -0.2) is 64.6 Å². The fourth-order valence-corrected chi connectivity index (χ4v) is 4.84. The Morgan fingerprint density at radius 2 is 1.87 bits per heavy atom. The molecule has 0 atom stereocenters. The van der Waals surface area contributed by atoms with Gasteiger partial charge < -0.3 is 9.64 Å². The predicted molar refractivity (Wildman–Crippen MR) is 148 cm³/mol. The zero-order chi connectivity index (χ0) is 27.1. The number of aromatic nitrogens is 2. The van der Waals surface area contributed by atoms with Crippen LogP contribution in [0.5, 0.6) is 0 Å². The van der Waals surface area contributed by atoms with E-state index >= 15 is 0 Å². The number of esters is 1. The maximum Gasteiger partial charge on any atom is 0.342 e. The van der Waals surface area contributed by atoms with E-state index in [4.69, 9.17) is 16.3 Å². The van der Waals surface area contributed by atoms with Gasteiger partial charge in [0.2, 0.25) is 0 Å². The molecule has 3 aromatic rings. The molecular weight excluding hydrogens is 505 g/mol. The van der Waals surface area contributed by atoms with Crippen molar-refractivity contribution < 1.29 is 13.9 Å². The number of rotatable bonds is 10. The molecule has 0 saturated carbocycles. The molecule has 0 N–H and O–H groups in total. The number of ether oxygens (including phenoxy) is 1. The van der Waals surface area contributed by atoms with E-state index in [2.05, 4.69) is 37.7 Å². The molecule has 0 aliphatic carbocycles. The third-order valence-corrected chi connectivity index (χ3v) is 6.93. The Hall–Kier alpha value is -3.07. The fraction of sp³-hybridized carbons (Fsp3) is 0.414. The number of pyridine rings is 2. The summed E-state index contributed by atoms with van der Waals surface area (Å²) in [6.45, 7) is 11.6. The molecule has 7 nitrogen and oxygen atoms in total. The third kappa shape index (κ3) is 7.28. The topological polar surface area (TPSA) is 61.8 Å². The van der Waals surface area contributed by atoms with Gasteiger partial charge in [0.05, 0.1) is 6.10 Å². The van der Waals surface area contributed by atoms with Crippen LogP contribution in [0.1, 0.15) is 47.8 Å².